The van der Waals surface area contributed by atoms with Gasteiger partial charge in [-0.25, -0.2) is 4.79 Å². The van der Waals surface area contributed by atoms with E-state index in [0.717, 1.165) is 0 Å². The minimum absolute atomic E-state index is 0.189. The summed E-state index contributed by atoms with van der Waals surface area (Å²) < 4.78 is 15.7. The monoisotopic (exact) mass is 330 g/mol. The molecule has 1 aromatic rings. The van der Waals surface area contributed by atoms with Gasteiger partial charge in [-0.3, -0.25) is 4.79 Å². The van der Waals surface area contributed by atoms with Crippen LogP contribution in [0.1, 0.15) is 22.0 Å². The Morgan fingerprint density at radius 3 is 2.68 bits per heavy atom. The van der Waals surface area contributed by atoms with Crippen LogP contribution in [-0.4, -0.2) is 37.7 Å². The summed E-state index contributed by atoms with van der Waals surface area (Å²) in [4.78, 5) is 22.5. The minimum atomic E-state index is -1.50. The van der Waals surface area contributed by atoms with E-state index in [1.54, 1.807) is 0 Å². The van der Waals surface area contributed by atoms with Gasteiger partial charge in [0.05, 0.1) is 12.7 Å². The molecular formula is C12H11BrO6. The van der Waals surface area contributed by atoms with Gasteiger partial charge in [-0.15, -0.1) is 0 Å². The van der Waals surface area contributed by atoms with E-state index in [1.807, 2.05) is 0 Å². The van der Waals surface area contributed by atoms with Gasteiger partial charge in [-0.2, -0.15) is 0 Å². The van der Waals surface area contributed by atoms with E-state index >= 15 is 0 Å². The summed E-state index contributed by atoms with van der Waals surface area (Å²) >= 11 is 3.20. The predicted molar refractivity (Wildman–Crippen MR) is 67.5 cm³/mol. The van der Waals surface area contributed by atoms with Gasteiger partial charge in [0.1, 0.15) is 13.2 Å². The molecule has 0 aliphatic carbocycles. The molecule has 2 rings (SSSR count). The lowest BCUT2D eigenvalue weighted by Gasteiger charge is -2.24. The van der Waals surface area contributed by atoms with E-state index < -0.39 is 12.1 Å². The number of fused-ring (bicyclic) bond motifs is 1. The molecule has 0 aromatic heterocycles. The second-order valence-electron chi connectivity index (χ2n) is 3.76. The summed E-state index contributed by atoms with van der Waals surface area (Å²) in [5.74, 6) is -0.412. The highest BCUT2D eigenvalue weighted by molar-refractivity contribution is 9.10. The standard InChI is InChI=1S/C12H11BrO6/c1-17-12(16)9(15)6-4-8(13)7(5-14)11-10(6)18-2-3-19-11/h4-5,9,15H,2-3H2,1H3. The normalized spacial score (nSPS) is 14.7. The number of ether oxygens (including phenoxy) is 3. The molecule has 1 atom stereocenters. The third kappa shape index (κ3) is 2.43. The number of carbonyl (C=O) groups excluding carboxylic acids is 2. The molecule has 1 aromatic carbocycles. The molecule has 0 amide bonds. The van der Waals surface area contributed by atoms with E-state index in [2.05, 4.69) is 20.7 Å². The molecule has 0 saturated heterocycles. The van der Waals surface area contributed by atoms with Crippen molar-refractivity contribution in [1.82, 2.24) is 0 Å². The molecule has 0 fully saturated rings. The Morgan fingerprint density at radius 1 is 1.47 bits per heavy atom. The van der Waals surface area contributed by atoms with Gasteiger partial charge in [0.15, 0.2) is 23.9 Å². The maximum atomic E-state index is 11.4. The van der Waals surface area contributed by atoms with Crippen LogP contribution in [0.4, 0.5) is 0 Å². The second kappa shape index (κ2) is 5.58. The zero-order valence-electron chi connectivity index (χ0n) is 10.0. The Balaban J connectivity index is 2.59. The highest BCUT2D eigenvalue weighted by Gasteiger charge is 2.29. The average molecular weight is 331 g/mol. The van der Waals surface area contributed by atoms with Gasteiger partial charge >= 0.3 is 5.97 Å². The number of benzene rings is 1. The molecular weight excluding hydrogens is 320 g/mol. The minimum Gasteiger partial charge on any atom is -0.486 e. The lowest BCUT2D eigenvalue weighted by atomic mass is 10.0. The summed E-state index contributed by atoms with van der Waals surface area (Å²) in [6.45, 7) is 0.561. The maximum Gasteiger partial charge on any atom is 0.339 e. The molecule has 0 saturated carbocycles. The van der Waals surface area contributed by atoms with Crippen molar-refractivity contribution in [2.24, 2.45) is 0 Å². The lowest BCUT2D eigenvalue weighted by molar-refractivity contribution is -0.150. The highest BCUT2D eigenvalue weighted by atomic mass is 79.9. The molecule has 0 radical (unpaired) electrons. The molecule has 0 spiro atoms. The molecule has 6 nitrogen and oxygen atoms in total. The summed E-state index contributed by atoms with van der Waals surface area (Å²) in [7, 11) is 1.17. The van der Waals surface area contributed by atoms with Crippen LogP contribution in [0.15, 0.2) is 10.5 Å². The first-order valence-corrected chi connectivity index (χ1v) is 6.22. The molecule has 1 unspecified atom stereocenters. The lowest BCUT2D eigenvalue weighted by Crippen LogP contribution is -2.21. The number of esters is 1. The van der Waals surface area contributed by atoms with Crippen LogP contribution in [0.2, 0.25) is 0 Å². The van der Waals surface area contributed by atoms with Crippen LogP contribution in [0.25, 0.3) is 0 Å². The van der Waals surface area contributed by atoms with Crippen LogP contribution in [0.3, 0.4) is 0 Å². The molecule has 0 bridgehead atoms. The van der Waals surface area contributed by atoms with Crippen molar-refractivity contribution in [3.63, 3.8) is 0 Å². The van der Waals surface area contributed by atoms with Crippen LogP contribution in [0, 0.1) is 0 Å². The maximum absolute atomic E-state index is 11.4. The van der Waals surface area contributed by atoms with Crippen LogP contribution in [0.5, 0.6) is 11.5 Å². The summed E-state index contributed by atoms with van der Waals surface area (Å²) in [6.07, 6.45) is -0.885. The molecule has 1 aliphatic rings. The van der Waals surface area contributed by atoms with Crippen molar-refractivity contribution in [3.8, 4) is 11.5 Å². The van der Waals surface area contributed by atoms with Crippen LogP contribution in [-0.2, 0) is 9.53 Å². The average Bonchev–Trinajstić information content (AvgIpc) is 2.44. The zero-order chi connectivity index (χ0) is 14.0. The number of rotatable bonds is 3. The van der Waals surface area contributed by atoms with Crippen LogP contribution >= 0.6 is 15.9 Å². The second-order valence-corrected chi connectivity index (χ2v) is 4.61. The molecule has 19 heavy (non-hydrogen) atoms. The smallest absolute Gasteiger partial charge is 0.339 e. The molecule has 7 heteroatoms. The van der Waals surface area contributed by atoms with E-state index in [-0.39, 0.29) is 35.8 Å². The van der Waals surface area contributed by atoms with Crippen molar-refractivity contribution < 1.29 is 28.9 Å². The first kappa shape index (κ1) is 13.8. The number of aliphatic hydroxyl groups is 1. The van der Waals surface area contributed by atoms with E-state index in [1.165, 1.54) is 13.2 Å². The number of methoxy groups -OCH3 is 1. The Hall–Kier alpha value is -1.60. The van der Waals surface area contributed by atoms with Crippen molar-refractivity contribution in [3.05, 3.63) is 21.7 Å². The van der Waals surface area contributed by atoms with E-state index in [9.17, 15) is 14.7 Å². The first-order chi connectivity index (χ1) is 9.10. The first-order valence-electron chi connectivity index (χ1n) is 5.43. The SMILES string of the molecule is COC(=O)C(O)c1cc(Br)c(C=O)c2c1OCCO2. The van der Waals surface area contributed by atoms with E-state index in [0.29, 0.717) is 10.8 Å². The number of aldehydes is 1. The Morgan fingerprint density at radius 2 is 2.11 bits per heavy atom. The van der Waals surface area contributed by atoms with Gasteiger partial charge in [0.2, 0.25) is 0 Å². The van der Waals surface area contributed by atoms with Gasteiger partial charge in [-0.05, 0) is 22.0 Å². The summed E-state index contributed by atoms with van der Waals surface area (Å²) in [6, 6.07) is 1.44. The van der Waals surface area contributed by atoms with Crippen molar-refractivity contribution >= 4 is 28.2 Å². The number of carbonyl (C=O) groups is 2. The van der Waals surface area contributed by atoms with Crippen molar-refractivity contribution in [1.29, 1.82) is 0 Å². The fourth-order valence-electron chi connectivity index (χ4n) is 1.77. The Labute approximate surface area is 117 Å². The number of halogens is 1. The molecule has 102 valence electrons. The highest BCUT2D eigenvalue weighted by Crippen LogP contribution is 2.43. The largest absolute Gasteiger partial charge is 0.486 e. The van der Waals surface area contributed by atoms with Crippen molar-refractivity contribution in [2.45, 2.75) is 6.10 Å². The third-order valence-electron chi connectivity index (χ3n) is 2.67. The fourth-order valence-corrected chi connectivity index (χ4v) is 2.29. The Kier molecular flexibility index (Phi) is 4.06. The predicted octanol–water partition coefficient (Wildman–Crippen LogP) is 1.24. The zero-order valence-corrected chi connectivity index (χ0v) is 11.6. The summed E-state index contributed by atoms with van der Waals surface area (Å²) in [5.41, 5.74) is 0.467. The van der Waals surface area contributed by atoms with E-state index in [4.69, 9.17) is 9.47 Å². The van der Waals surface area contributed by atoms with Crippen molar-refractivity contribution in [2.75, 3.05) is 20.3 Å². The van der Waals surface area contributed by atoms with Gasteiger partial charge in [0, 0.05) is 10.0 Å². The van der Waals surface area contributed by atoms with Crippen LogP contribution < -0.4 is 9.47 Å². The molecule has 1 heterocycles. The quantitative estimate of drug-likeness (QED) is 0.663. The molecule has 1 aliphatic heterocycles. The number of hydrogen-bond acceptors (Lipinski definition) is 6. The fraction of sp³-hybridized carbons (Fsp3) is 0.333. The summed E-state index contributed by atoms with van der Waals surface area (Å²) in [5, 5.41) is 9.91. The molecule has 1 N–H and O–H groups in total. The van der Waals surface area contributed by atoms with Gasteiger partial charge in [-0.1, -0.05) is 0 Å². The van der Waals surface area contributed by atoms with Gasteiger partial charge in [0.25, 0.3) is 0 Å². The third-order valence-corrected chi connectivity index (χ3v) is 3.32. The topological polar surface area (TPSA) is 82.1 Å². The Bertz CT molecular complexity index is 527. The van der Waals surface area contributed by atoms with Gasteiger partial charge < -0.3 is 19.3 Å². The number of hydrogen-bond donors (Lipinski definition) is 1. The number of aliphatic hydroxyl groups excluding tert-OH is 1.